The fourth-order valence-electron chi connectivity index (χ4n) is 1.08. The predicted octanol–water partition coefficient (Wildman–Crippen LogP) is -3.44. The van der Waals surface area contributed by atoms with Gasteiger partial charge in [-0.1, -0.05) is 0 Å². The standard InChI is InChI=1S/C8H11.2ClH.Hf/c1-6-4-5-7(2)8(6)3;;;/h4H2,1-3H3;2*1H;/q;;;+2/p-2. The Morgan fingerprint density at radius 1 is 1.00 bits per heavy atom. The number of halogens is 2. The summed E-state index contributed by atoms with van der Waals surface area (Å²) in [5.74, 6) is 0. The molecular formula is C8H11Cl2Hf. The molecule has 0 nitrogen and oxygen atoms in total. The molecule has 0 aliphatic heterocycles. The van der Waals surface area contributed by atoms with Crippen LogP contribution in [0.1, 0.15) is 27.2 Å². The zero-order valence-electron chi connectivity index (χ0n) is 6.96. The summed E-state index contributed by atoms with van der Waals surface area (Å²) in [5, 5.41) is 0. The van der Waals surface area contributed by atoms with Crippen molar-refractivity contribution in [1.82, 2.24) is 0 Å². The minimum Gasteiger partial charge on any atom is -1.00 e. The van der Waals surface area contributed by atoms with Crippen LogP contribution in [0.25, 0.3) is 0 Å². The van der Waals surface area contributed by atoms with Gasteiger partial charge in [-0.3, -0.25) is 0 Å². The molecule has 0 N–H and O–H groups in total. The monoisotopic (exact) mass is 357 g/mol. The van der Waals surface area contributed by atoms with E-state index in [0.29, 0.717) is 0 Å². The number of rotatable bonds is 0. The van der Waals surface area contributed by atoms with Crippen LogP contribution in [0.3, 0.4) is 0 Å². The summed E-state index contributed by atoms with van der Waals surface area (Å²) < 4.78 is 1.69. The largest absolute Gasteiger partial charge is 1.00 e. The van der Waals surface area contributed by atoms with E-state index in [1.807, 2.05) is 0 Å². The number of allylic oxidation sites excluding steroid dienone is 4. The van der Waals surface area contributed by atoms with Gasteiger partial charge in [-0.25, -0.2) is 0 Å². The third kappa shape index (κ3) is 3.04. The van der Waals surface area contributed by atoms with Gasteiger partial charge in [-0.2, -0.15) is 0 Å². The first-order chi connectivity index (χ1) is 4.13. The molecule has 61 valence electrons. The van der Waals surface area contributed by atoms with Crippen LogP contribution in [0.4, 0.5) is 0 Å². The third-order valence-corrected chi connectivity index (χ3v) is 4.08. The Kier molecular flexibility index (Phi) is 7.30. The third-order valence-electron chi connectivity index (χ3n) is 2.10. The minimum atomic E-state index is 0. The Hall–Kier alpha value is 0.930. The summed E-state index contributed by atoms with van der Waals surface area (Å²) in [5.41, 5.74) is 4.69. The Morgan fingerprint density at radius 3 is 1.55 bits per heavy atom. The Morgan fingerprint density at radius 2 is 1.45 bits per heavy atom. The van der Waals surface area contributed by atoms with E-state index in [1.54, 1.807) is 20.0 Å². The molecule has 0 heterocycles. The van der Waals surface area contributed by atoms with Gasteiger partial charge < -0.3 is 24.8 Å². The van der Waals surface area contributed by atoms with E-state index < -0.39 is 0 Å². The molecular weight excluding hydrogens is 345 g/mol. The van der Waals surface area contributed by atoms with Gasteiger partial charge in [0.25, 0.3) is 0 Å². The molecule has 0 unspecified atom stereocenters. The second kappa shape index (κ2) is 5.55. The van der Waals surface area contributed by atoms with Crippen LogP contribution in [-0.2, 0) is 24.4 Å². The van der Waals surface area contributed by atoms with E-state index in [0.717, 1.165) is 0 Å². The van der Waals surface area contributed by atoms with E-state index in [9.17, 15) is 0 Å². The maximum Gasteiger partial charge on any atom is -1.00 e. The Balaban J connectivity index is 0. The van der Waals surface area contributed by atoms with Gasteiger partial charge in [0.05, 0.1) is 0 Å². The molecule has 0 amide bonds. The zero-order valence-corrected chi connectivity index (χ0v) is 12.1. The van der Waals surface area contributed by atoms with Crippen LogP contribution in [0.15, 0.2) is 20.0 Å². The molecule has 0 aromatic rings. The van der Waals surface area contributed by atoms with Crippen molar-refractivity contribution in [3.63, 3.8) is 0 Å². The number of hydrogen-bond acceptors (Lipinski definition) is 0. The molecule has 0 bridgehead atoms. The average Bonchev–Trinajstić information content (AvgIpc) is 1.98. The summed E-state index contributed by atoms with van der Waals surface area (Å²) in [6.45, 7) is 6.72. The molecule has 3 heteroatoms. The van der Waals surface area contributed by atoms with Crippen LogP contribution in [0.5, 0.6) is 0 Å². The summed E-state index contributed by atoms with van der Waals surface area (Å²) in [6.07, 6.45) is 1.27. The Labute approximate surface area is 95.9 Å². The van der Waals surface area contributed by atoms with Crippen molar-refractivity contribution >= 4 is 0 Å². The molecule has 0 radical (unpaired) electrons. The molecule has 0 saturated carbocycles. The second-order valence-corrected chi connectivity index (χ2v) is 4.85. The molecule has 0 saturated heterocycles. The molecule has 1 aliphatic carbocycles. The number of hydrogen-bond donors (Lipinski definition) is 0. The molecule has 0 spiro atoms. The summed E-state index contributed by atoms with van der Waals surface area (Å²) in [4.78, 5) is 0. The molecule has 0 atom stereocenters. The molecule has 0 aromatic heterocycles. The van der Waals surface area contributed by atoms with Crippen molar-refractivity contribution in [3.8, 4) is 0 Å². The summed E-state index contributed by atoms with van der Waals surface area (Å²) in [7, 11) is 0. The zero-order chi connectivity index (χ0) is 7.02. The van der Waals surface area contributed by atoms with Crippen LogP contribution < -0.4 is 24.8 Å². The maximum atomic E-state index is 2.24. The molecule has 1 aliphatic rings. The fourth-order valence-corrected chi connectivity index (χ4v) is 2.70. The van der Waals surface area contributed by atoms with Crippen molar-refractivity contribution in [2.45, 2.75) is 27.2 Å². The van der Waals surface area contributed by atoms with Crippen LogP contribution in [0, 0.1) is 0 Å². The first-order valence-electron chi connectivity index (χ1n) is 3.21. The maximum absolute atomic E-state index is 2.24. The molecule has 1 rings (SSSR count). The van der Waals surface area contributed by atoms with Crippen molar-refractivity contribution < 1.29 is 49.2 Å². The van der Waals surface area contributed by atoms with Crippen molar-refractivity contribution in [2.24, 2.45) is 0 Å². The van der Waals surface area contributed by atoms with Gasteiger partial charge in [0.15, 0.2) is 0 Å². The molecule has 0 fully saturated rings. The van der Waals surface area contributed by atoms with E-state index >= 15 is 0 Å². The van der Waals surface area contributed by atoms with Crippen LogP contribution in [-0.4, -0.2) is 0 Å². The van der Waals surface area contributed by atoms with Gasteiger partial charge in [-0.05, 0) is 0 Å². The topological polar surface area (TPSA) is 0 Å². The molecule has 0 aromatic carbocycles. The SMILES string of the molecule is CC1=C(C)C(C)=[C]([Hf+2])C1.[Cl-].[Cl-]. The van der Waals surface area contributed by atoms with Gasteiger partial charge in [0.1, 0.15) is 0 Å². The quantitative estimate of drug-likeness (QED) is 0.396. The normalized spacial score (nSPS) is 16.5. The van der Waals surface area contributed by atoms with Gasteiger partial charge in [0.2, 0.25) is 0 Å². The Bertz CT molecular complexity index is 182. The van der Waals surface area contributed by atoms with E-state index in [-0.39, 0.29) is 24.8 Å². The van der Waals surface area contributed by atoms with Gasteiger partial charge in [-0.15, -0.1) is 0 Å². The second-order valence-electron chi connectivity index (χ2n) is 2.69. The predicted molar refractivity (Wildman–Crippen MR) is 35.7 cm³/mol. The average molecular weight is 357 g/mol. The first-order valence-corrected chi connectivity index (χ1v) is 5.00. The minimum absolute atomic E-state index is 0. The van der Waals surface area contributed by atoms with Crippen LogP contribution >= 0.6 is 0 Å². The van der Waals surface area contributed by atoms with Crippen LogP contribution in [0.2, 0.25) is 0 Å². The van der Waals surface area contributed by atoms with E-state index in [2.05, 4.69) is 20.8 Å². The van der Waals surface area contributed by atoms with Gasteiger partial charge >= 0.3 is 71.6 Å². The fraction of sp³-hybridized carbons (Fsp3) is 0.500. The smallest absolute Gasteiger partial charge is 1.00 e. The van der Waals surface area contributed by atoms with Crippen molar-refractivity contribution in [2.75, 3.05) is 0 Å². The molecule has 11 heavy (non-hydrogen) atoms. The van der Waals surface area contributed by atoms with Gasteiger partial charge in [0, 0.05) is 0 Å². The van der Waals surface area contributed by atoms with Crippen molar-refractivity contribution in [3.05, 3.63) is 20.0 Å². The van der Waals surface area contributed by atoms with Crippen molar-refractivity contribution in [1.29, 1.82) is 0 Å². The van der Waals surface area contributed by atoms with E-state index in [1.165, 1.54) is 30.8 Å². The summed E-state index contributed by atoms with van der Waals surface area (Å²) in [6, 6.07) is 0. The van der Waals surface area contributed by atoms with E-state index in [4.69, 9.17) is 0 Å². The first kappa shape index (κ1) is 14.5. The summed E-state index contributed by atoms with van der Waals surface area (Å²) >= 11 is 1.25.